The van der Waals surface area contributed by atoms with Crippen LogP contribution in [0.25, 0.3) is 0 Å². The van der Waals surface area contributed by atoms with Crippen molar-refractivity contribution >= 4 is 5.97 Å². The van der Waals surface area contributed by atoms with Gasteiger partial charge in [-0.05, 0) is 13.3 Å². The van der Waals surface area contributed by atoms with Crippen molar-refractivity contribution in [2.45, 2.75) is 44.5 Å². The standard InChI is InChI=1S/C10H16O4/c1-7-6-9(12)3-2-8(11)4-5-10(13)14-7/h2-3,7-9,11-12H,4-6H2,1H3/t7-,8+,9+/m1/s1. The van der Waals surface area contributed by atoms with E-state index in [9.17, 15) is 15.0 Å². The van der Waals surface area contributed by atoms with Crippen LogP contribution in [0.1, 0.15) is 26.2 Å². The molecule has 4 nitrogen and oxygen atoms in total. The summed E-state index contributed by atoms with van der Waals surface area (Å²) in [5, 5.41) is 18.7. The van der Waals surface area contributed by atoms with E-state index < -0.39 is 12.2 Å². The van der Waals surface area contributed by atoms with E-state index >= 15 is 0 Å². The summed E-state index contributed by atoms with van der Waals surface area (Å²) in [5.41, 5.74) is 0. The number of carbonyl (C=O) groups is 1. The number of carbonyl (C=O) groups excluding carboxylic acids is 1. The average molecular weight is 200 g/mol. The van der Waals surface area contributed by atoms with Crippen LogP contribution in [-0.4, -0.2) is 34.5 Å². The highest BCUT2D eigenvalue weighted by Crippen LogP contribution is 2.10. The van der Waals surface area contributed by atoms with Gasteiger partial charge in [-0.2, -0.15) is 0 Å². The molecule has 0 fully saturated rings. The van der Waals surface area contributed by atoms with Crippen LogP contribution in [0.5, 0.6) is 0 Å². The number of hydrogen-bond donors (Lipinski definition) is 2. The van der Waals surface area contributed by atoms with Crippen molar-refractivity contribution in [3.63, 3.8) is 0 Å². The minimum Gasteiger partial charge on any atom is -0.463 e. The van der Waals surface area contributed by atoms with Crippen LogP contribution in [0, 0.1) is 0 Å². The zero-order valence-electron chi connectivity index (χ0n) is 8.22. The molecule has 0 aromatic carbocycles. The Morgan fingerprint density at radius 3 is 2.71 bits per heavy atom. The second-order valence-corrected chi connectivity index (χ2v) is 3.59. The molecule has 0 saturated heterocycles. The number of aliphatic hydroxyl groups excluding tert-OH is 2. The highest BCUT2D eigenvalue weighted by molar-refractivity contribution is 5.69. The molecule has 14 heavy (non-hydrogen) atoms. The topological polar surface area (TPSA) is 66.8 Å². The molecule has 1 rings (SSSR count). The zero-order valence-corrected chi connectivity index (χ0v) is 8.22. The summed E-state index contributed by atoms with van der Waals surface area (Å²) in [5.74, 6) is -0.320. The quantitative estimate of drug-likeness (QED) is 0.438. The van der Waals surface area contributed by atoms with Gasteiger partial charge in [0.25, 0.3) is 0 Å². The van der Waals surface area contributed by atoms with Gasteiger partial charge >= 0.3 is 5.97 Å². The minimum atomic E-state index is -0.675. The predicted molar refractivity (Wildman–Crippen MR) is 50.6 cm³/mol. The number of ether oxygens (including phenoxy) is 1. The fourth-order valence-electron chi connectivity index (χ4n) is 1.37. The van der Waals surface area contributed by atoms with Gasteiger partial charge in [-0.3, -0.25) is 4.79 Å². The Bertz CT molecular complexity index is 224. The lowest BCUT2D eigenvalue weighted by atomic mass is 10.1. The van der Waals surface area contributed by atoms with Crippen LogP contribution in [0.3, 0.4) is 0 Å². The number of hydrogen-bond acceptors (Lipinski definition) is 4. The molecule has 0 aliphatic carbocycles. The summed E-state index contributed by atoms with van der Waals surface area (Å²) in [4.78, 5) is 11.1. The van der Waals surface area contributed by atoms with Gasteiger partial charge in [0.05, 0.1) is 12.2 Å². The van der Waals surface area contributed by atoms with Crippen molar-refractivity contribution in [1.29, 1.82) is 0 Å². The Morgan fingerprint density at radius 1 is 1.36 bits per heavy atom. The van der Waals surface area contributed by atoms with E-state index in [-0.39, 0.29) is 18.5 Å². The van der Waals surface area contributed by atoms with Crippen molar-refractivity contribution in [3.05, 3.63) is 12.2 Å². The molecule has 0 spiro atoms. The molecule has 80 valence electrons. The summed E-state index contributed by atoms with van der Waals surface area (Å²) in [6.45, 7) is 1.74. The van der Waals surface area contributed by atoms with Crippen molar-refractivity contribution in [3.8, 4) is 0 Å². The fourth-order valence-corrected chi connectivity index (χ4v) is 1.37. The molecule has 0 amide bonds. The largest absolute Gasteiger partial charge is 0.463 e. The first-order valence-electron chi connectivity index (χ1n) is 4.82. The Hall–Kier alpha value is -0.870. The first kappa shape index (κ1) is 11.2. The molecule has 0 radical (unpaired) electrons. The fraction of sp³-hybridized carbons (Fsp3) is 0.700. The SMILES string of the molecule is C[C@@H]1C[C@@H](O)C=C[C@H](O)CCC(=O)O1. The van der Waals surface area contributed by atoms with Crippen molar-refractivity contribution in [2.75, 3.05) is 0 Å². The molecule has 1 heterocycles. The maximum Gasteiger partial charge on any atom is 0.306 e. The van der Waals surface area contributed by atoms with Gasteiger partial charge in [-0.15, -0.1) is 0 Å². The summed E-state index contributed by atoms with van der Waals surface area (Å²) in [6, 6.07) is 0. The third kappa shape index (κ3) is 3.89. The van der Waals surface area contributed by atoms with Crippen LogP contribution in [0.4, 0.5) is 0 Å². The van der Waals surface area contributed by atoms with Crippen LogP contribution < -0.4 is 0 Å². The lowest BCUT2D eigenvalue weighted by Crippen LogP contribution is -2.22. The lowest BCUT2D eigenvalue weighted by molar-refractivity contribution is -0.149. The van der Waals surface area contributed by atoms with Crippen LogP contribution in [0.15, 0.2) is 12.2 Å². The monoisotopic (exact) mass is 200 g/mol. The van der Waals surface area contributed by atoms with Crippen molar-refractivity contribution in [1.82, 2.24) is 0 Å². The van der Waals surface area contributed by atoms with Gasteiger partial charge in [0.1, 0.15) is 6.10 Å². The second kappa shape index (κ2) is 5.12. The van der Waals surface area contributed by atoms with Crippen LogP contribution in [0.2, 0.25) is 0 Å². The molecule has 3 atom stereocenters. The molecular weight excluding hydrogens is 184 g/mol. The number of cyclic esters (lactones) is 1. The Labute approximate surface area is 83.2 Å². The molecule has 1 aliphatic heterocycles. The van der Waals surface area contributed by atoms with Gasteiger partial charge in [0.2, 0.25) is 0 Å². The third-order valence-corrected chi connectivity index (χ3v) is 2.11. The minimum absolute atomic E-state index is 0.214. The normalized spacial score (nSPS) is 35.1. The van der Waals surface area contributed by atoms with Gasteiger partial charge in [-0.25, -0.2) is 0 Å². The number of aliphatic hydroxyl groups is 2. The maximum atomic E-state index is 11.1. The molecule has 4 heteroatoms. The zero-order chi connectivity index (χ0) is 10.6. The van der Waals surface area contributed by atoms with Crippen molar-refractivity contribution in [2.24, 2.45) is 0 Å². The highest BCUT2D eigenvalue weighted by Gasteiger charge is 2.16. The molecule has 0 aromatic rings. The molecule has 1 aliphatic rings. The third-order valence-electron chi connectivity index (χ3n) is 2.11. The molecular formula is C10H16O4. The van der Waals surface area contributed by atoms with E-state index in [1.54, 1.807) is 13.0 Å². The number of esters is 1. The highest BCUT2D eigenvalue weighted by atomic mass is 16.5. The van der Waals surface area contributed by atoms with E-state index in [1.807, 2.05) is 0 Å². The van der Waals surface area contributed by atoms with Crippen LogP contribution in [-0.2, 0) is 9.53 Å². The van der Waals surface area contributed by atoms with Gasteiger partial charge in [0.15, 0.2) is 0 Å². The van der Waals surface area contributed by atoms with E-state index in [4.69, 9.17) is 4.74 Å². The Kier molecular flexibility index (Phi) is 4.10. The Balaban J connectivity index is 2.60. The van der Waals surface area contributed by atoms with Crippen molar-refractivity contribution < 1.29 is 19.7 Å². The number of rotatable bonds is 0. The summed E-state index contributed by atoms with van der Waals surface area (Å²) in [6.07, 6.45) is 2.37. The average Bonchev–Trinajstić information content (AvgIpc) is 2.10. The molecule has 0 unspecified atom stereocenters. The van der Waals surface area contributed by atoms with Crippen LogP contribution >= 0.6 is 0 Å². The van der Waals surface area contributed by atoms with Gasteiger partial charge < -0.3 is 14.9 Å². The Morgan fingerprint density at radius 2 is 2.00 bits per heavy atom. The molecule has 0 bridgehead atoms. The molecule has 0 saturated carbocycles. The summed E-state index contributed by atoms with van der Waals surface area (Å²) in [7, 11) is 0. The first-order valence-corrected chi connectivity index (χ1v) is 4.82. The summed E-state index contributed by atoms with van der Waals surface area (Å²) < 4.78 is 5.00. The van der Waals surface area contributed by atoms with Gasteiger partial charge in [0, 0.05) is 12.8 Å². The maximum absolute atomic E-state index is 11.1. The van der Waals surface area contributed by atoms with E-state index in [2.05, 4.69) is 0 Å². The molecule has 2 N–H and O–H groups in total. The smallest absolute Gasteiger partial charge is 0.306 e. The first-order chi connectivity index (χ1) is 6.58. The van der Waals surface area contributed by atoms with E-state index in [0.717, 1.165) is 0 Å². The lowest BCUT2D eigenvalue weighted by Gasteiger charge is -2.17. The predicted octanol–water partition coefficient (Wildman–Crippen LogP) is 0.380. The second-order valence-electron chi connectivity index (χ2n) is 3.59. The van der Waals surface area contributed by atoms with E-state index in [0.29, 0.717) is 12.8 Å². The molecule has 0 aromatic heterocycles. The van der Waals surface area contributed by atoms with E-state index in [1.165, 1.54) is 6.08 Å². The van der Waals surface area contributed by atoms with Gasteiger partial charge in [-0.1, -0.05) is 12.2 Å². The summed E-state index contributed by atoms with van der Waals surface area (Å²) >= 11 is 0.